The number of pyridine rings is 1. The highest BCUT2D eigenvalue weighted by molar-refractivity contribution is 5.72. The second-order valence-corrected chi connectivity index (χ2v) is 3.72. The van der Waals surface area contributed by atoms with Gasteiger partial charge in [-0.15, -0.1) is 13.2 Å². The molecular weight excluding hydrogens is 296 g/mol. The lowest BCUT2D eigenvalue weighted by atomic mass is 10.0. The van der Waals surface area contributed by atoms with Crippen LogP contribution in [0.4, 0.5) is 26.3 Å². The van der Waals surface area contributed by atoms with Crippen LogP contribution in [0.1, 0.15) is 16.7 Å². The highest BCUT2D eigenvalue weighted by Crippen LogP contribution is 2.38. The smallest absolute Gasteiger partial charge is 0.481 e. The monoisotopic (exact) mass is 303 g/mol. The summed E-state index contributed by atoms with van der Waals surface area (Å²) in [5.74, 6) is -3.16. The molecule has 0 atom stereocenters. The molecule has 0 saturated heterocycles. The molecule has 20 heavy (non-hydrogen) atoms. The summed E-state index contributed by atoms with van der Waals surface area (Å²) in [6.45, 7) is 0.957. The van der Waals surface area contributed by atoms with Crippen LogP contribution in [0, 0.1) is 6.92 Å². The SMILES string of the molecule is Cc1cnc(OC(F)(F)F)c(CC(=O)O)c1C(F)(F)F. The van der Waals surface area contributed by atoms with Gasteiger partial charge in [-0.3, -0.25) is 4.79 Å². The van der Waals surface area contributed by atoms with Gasteiger partial charge in [0.05, 0.1) is 12.0 Å². The van der Waals surface area contributed by atoms with Gasteiger partial charge in [0.2, 0.25) is 5.88 Å². The molecule has 1 rings (SSSR count). The first-order valence-electron chi connectivity index (χ1n) is 4.95. The number of halogens is 6. The summed E-state index contributed by atoms with van der Waals surface area (Å²) in [6, 6.07) is 0. The Morgan fingerprint density at radius 3 is 2.25 bits per heavy atom. The maximum atomic E-state index is 12.8. The lowest BCUT2D eigenvalue weighted by Crippen LogP contribution is -2.22. The molecule has 0 bridgehead atoms. The molecule has 1 aromatic heterocycles. The third-order valence-corrected chi connectivity index (χ3v) is 2.15. The van der Waals surface area contributed by atoms with Crippen molar-refractivity contribution in [3.05, 3.63) is 22.9 Å². The molecule has 0 aliphatic carbocycles. The van der Waals surface area contributed by atoms with E-state index >= 15 is 0 Å². The van der Waals surface area contributed by atoms with Crippen molar-refractivity contribution in [2.45, 2.75) is 25.9 Å². The zero-order valence-corrected chi connectivity index (χ0v) is 9.76. The molecule has 0 unspecified atom stereocenters. The van der Waals surface area contributed by atoms with E-state index in [1.807, 2.05) is 0 Å². The maximum absolute atomic E-state index is 12.8. The molecule has 0 aliphatic rings. The molecule has 112 valence electrons. The predicted molar refractivity (Wildman–Crippen MR) is 52.0 cm³/mol. The van der Waals surface area contributed by atoms with Gasteiger partial charge in [-0.05, 0) is 12.5 Å². The lowest BCUT2D eigenvalue weighted by Gasteiger charge is -2.18. The van der Waals surface area contributed by atoms with Crippen LogP contribution in [-0.2, 0) is 17.4 Å². The summed E-state index contributed by atoms with van der Waals surface area (Å²) < 4.78 is 78.1. The van der Waals surface area contributed by atoms with Gasteiger partial charge in [0.25, 0.3) is 0 Å². The van der Waals surface area contributed by atoms with Crippen molar-refractivity contribution in [2.24, 2.45) is 0 Å². The van der Waals surface area contributed by atoms with Crippen LogP contribution in [0.2, 0.25) is 0 Å². The van der Waals surface area contributed by atoms with Crippen LogP contribution >= 0.6 is 0 Å². The van der Waals surface area contributed by atoms with Crippen LogP contribution < -0.4 is 4.74 Å². The second kappa shape index (κ2) is 5.17. The number of aliphatic carboxylic acids is 1. The number of hydrogen-bond donors (Lipinski definition) is 1. The van der Waals surface area contributed by atoms with Gasteiger partial charge in [-0.25, -0.2) is 4.98 Å². The zero-order chi connectivity index (χ0) is 15.7. The van der Waals surface area contributed by atoms with E-state index in [2.05, 4.69) is 9.72 Å². The van der Waals surface area contributed by atoms with Crippen molar-refractivity contribution in [3.8, 4) is 5.88 Å². The molecule has 1 aromatic rings. The topological polar surface area (TPSA) is 59.4 Å². The zero-order valence-electron chi connectivity index (χ0n) is 9.76. The van der Waals surface area contributed by atoms with E-state index in [1.165, 1.54) is 0 Å². The van der Waals surface area contributed by atoms with Gasteiger partial charge < -0.3 is 9.84 Å². The van der Waals surface area contributed by atoms with Crippen LogP contribution in [-0.4, -0.2) is 22.4 Å². The minimum atomic E-state index is -5.28. The number of carboxylic acid groups (broad SMARTS) is 1. The number of ether oxygens (including phenoxy) is 1. The van der Waals surface area contributed by atoms with Crippen molar-refractivity contribution < 1.29 is 41.0 Å². The van der Waals surface area contributed by atoms with Gasteiger partial charge in [0.15, 0.2) is 0 Å². The average molecular weight is 303 g/mol. The molecule has 4 nitrogen and oxygen atoms in total. The Kier molecular flexibility index (Phi) is 4.15. The minimum Gasteiger partial charge on any atom is -0.481 e. The van der Waals surface area contributed by atoms with E-state index < -0.39 is 47.5 Å². The number of hydrogen-bond acceptors (Lipinski definition) is 3. The molecule has 0 aliphatic heterocycles. The number of carboxylic acids is 1. The normalized spacial score (nSPS) is 12.3. The standard InChI is InChI=1S/C10H7F6NO3/c1-4-3-17-8(20-10(14,15)16)5(2-6(18)19)7(4)9(11,12)13/h3H,2H2,1H3,(H,18,19). The van der Waals surface area contributed by atoms with Gasteiger partial charge in [-0.1, -0.05) is 0 Å². The fourth-order valence-corrected chi connectivity index (χ4v) is 1.55. The van der Waals surface area contributed by atoms with Gasteiger partial charge in [-0.2, -0.15) is 13.2 Å². The molecule has 1 N–H and O–H groups in total. The maximum Gasteiger partial charge on any atom is 0.574 e. The summed E-state index contributed by atoms with van der Waals surface area (Å²) in [5.41, 5.74) is -3.15. The van der Waals surface area contributed by atoms with Crippen molar-refractivity contribution in [1.82, 2.24) is 4.98 Å². The average Bonchev–Trinajstić information content (AvgIpc) is 2.17. The first-order chi connectivity index (χ1) is 8.92. The quantitative estimate of drug-likeness (QED) is 0.872. The predicted octanol–water partition coefficient (Wildman–Crippen LogP) is 2.93. The van der Waals surface area contributed by atoms with Gasteiger partial charge >= 0.3 is 18.5 Å². The highest BCUT2D eigenvalue weighted by Gasteiger charge is 2.40. The summed E-state index contributed by atoms with van der Waals surface area (Å²) in [7, 11) is 0. The van der Waals surface area contributed by atoms with E-state index in [0.717, 1.165) is 6.92 Å². The molecule has 0 spiro atoms. The number of aryl methyl sites for hydroxylation is 1. The number of nitrogens with zero attached hydrogens (tertiary/aromatic N) is 1. The lowest BCUT2D eigenvalue weighted by molar-refractivity contribution is -0.276. The molecule has 0 fully saturated rings. The van der Waals surface area contributed by atoms with Crippen molar-refractivity contribution in [3.63, 3.8) is 0 Å². The Balaban J connectivity index is 3.49. The second-order valence-electron chi connectivity index (χ2n) is 3.72. The summed E-state index contributed by atoms with van der Waals surface area (Å²) in [4.78, 5) is 13.6. The Bertz CT molecular complexity index is 523. The van der Waals surface area contributed by atoms with Gasteiger partial charge in [0.1, 0.15) is 0 Å². The molecule has 0 amide bonds. The molecular formula is C10H7F6NO3. The Labute approximate surface area is 108 Å². The molecule has 0 saturated carbocycles. The number of carbonyl (C=O) groups is 1. The third-order valence-electron chi connectivity index (χ3n) is 2.15. The Morgan fingerprint density at radius 2 is 1.85 bits per heavy atom. The van der Waals surface area contributed by atoms with Crippen LogP contribution in [0.25, 0.3) is 0 Å². The number of aromatic nitrogens is 1. The molecule has 0 radical (unpaired) electrons. The molecule has 10 heteroatoms. The van der Waals surface area contributed by atoms with Crippen LogP contribution in [0.15, 0.2) is 6.20 Å². The third kappa shape index (κ3) is 4.00. The highest BCUT2D eigenvalue weighted by atomic mass is 19.4. The van der Waals surface area contributed by atoms with Crippen LogP contribution in [0.3, 0.4) is 0 Å². The summed E-state index contributed by atoms with van der Waals surface area (Å²) in [6.07, 6.45) is -11.1. The summed E-state index contributed by atoms with van der Waals surface area (Å²) in [5, 5.41) is 8.54. The van der Waals surface area contributed by atoms with E-state index in [-0.39, 0.29) is 0 Å². The van der Waals surface area contributed by atoms with E-state index in [0.29, 0.717) is 6.20 Å². The van der Waals surface area contributed by atoms with Crippen molar-refractivity contribution in [2.75, 3.05) is 0 Å². The number of alkyl halides is 6. The van der Waals surface area contributed by atoms with E-state index in [9.17, 15) is 31.1 Å². The van der Waals surface area contributed by atoms with Gasteiger partial charge in [0, 0.05) is 11.8 Å². The van der Waals surface area contributed by atoms with E-state index in [4.69, 9.17) is 5.11 Å². The largest absolute Gasteiger partial charge is 0.574 e. The Hall–Kier alpha value is -2.00. The van der Waals surface area contributed by atoms with E-state index in [1.54, 1.807) is 0 Å². The molecule has 0 aromatic carbocycles. The fraction of sp³-hybridized carbons (Fsp3) is 0.400. The fourth-order valence-electron chi connectivity index (χ4n) is 1.55. The summed E-state index contributed by atoms with van der Waals surface area (Å²) >= 11 is 0. The first kappa shape index (κ1) is 16.1. The van der Waals surface area contributed by atoms with Crippen molar-refractivity contribution >= 4 is 5.97 Å². The number of rotatable bonds is 3. The van der Waals surface area contributed by atoms with Crippen molar-refractivity contribution in [1.29, 1.82) is 0 Å². The first-order valence-corrected chi connectivity index (χ1v) is 4.95. The minimum absolute atomic E-state index is 0.497. The molecule has 1 heterocycles. The van der Waals surface area contributed by atoms with Crippen LogP contribution in [0.5, 0.6) is 5.88 Å². The Morgan fingerprint density at radius 1 is 1.30 bits per heavy atom.